The average molecular weight is 407 g/mol. The molecule has 2 heterocycles. The first-order chi connectivity index (χ1) is 14.6. The standard InChI is InChI=1S/C23H26FN5O/c1-17-14-29(15-22(30-17)18-7-9-20(24)10-8-18)23(25-2)27-13-19-5-3-4-6-21(19)28-12-11-26-16-28/h3-12,16-17,22H,13-15H2,1-2H3,(H,25,27). The summed E-state index contributed by atoms with van der Waals surface area (Å²) in [5.74, 6) is 0.575. The minimum absolute atomic E-state index is 0.0330. The van der Waals surface area contributed by atoms with Crippen LogP contribution in [0, 0.1) is 5.82 Å². The zero-order valence-corrected chi connectivity index (χ0v) is 17.2. The lowest BCUT2D eigenvalue weighted by molar-refractivity contribution is -0.0605. The molecule has 0 amide bonds. The number of morpholine rings is 1. The molecule has 0 radical (unpaired) electrons. The van der Waals surface area contributed by atoms with E-state index in [4.69, 9.17) is 4.74 Å². The van der Waals surface area contributed by atoms with Crippen LogP contribution >= 0.6 is 0 Å². The van der Waals surface area contributed by atoms with Crippen molar-refractivity contribution in [1.82, 2.24) is 19.8 Å². The molecule has 1 aliphatic rings. The van der Waals surface area contributed by atoms with Gasteiger partial charge in [0.1, 0.15) is 11.9 Å². The zero-order valence-electron chi connectivity index (χ0n) is 17.2. The number of ether oxygens (including phenoxy) is 1. The van der Waals surface area contributed by atoms with Crippen LogP contribution in [0.2, 0.25) is 0 Å². The molecule has 2 atom stereocenters. The Morgan fingerprint density at radius 3 is 2.73 bits per heavy atom. The van der Waals surface area contributed by atoms with Crippen molar-refractivity contribution in [3.8, 4) is 5.69 Å². The number of hydrogen-bond donors (Lipinski definition) is 1. The first kappa shape index (κ1) is 20.1. The maximum atomic E-state index is 13.3. The lowest BCUT2D eigenvalue weighted by Crippen LogP contribution is -2.50. The second-order valence-corrected chi connectivity index (χ2v) is 7.39. The van der Waals surface area contributed by atoms with E-state index in [1.54, 1.807) is 31.7 Å². The number of nitrogens with zero attached hydrogens (tertiary/aromatic N) is 4. The van der Waals surface area contributed by atoms with E-state index in [1.165, 1.54) is 12.1 Å². The van der Waals surface area contributed by atoms with Crippen LogP contribution in [0.1, 0.15) is 24.2 Å². The number of para-hydroxylation sites is 1. The van der Waals surface area contributed by atoms with Gasteiger partial charge in [0, 0.05) is 32.5 Å². The predicted octanol–water partition coefficient (Wildman–Crippen LogP) is 3.55. The summed E-state index contributed by atoms with van der Waals surface area (Å²) < 4.78 is 21.4. The molecule has 30 heavy (non-hydrogen) atoms. The Balaban J connectivity index is 1.47. The van der Waals surface area contributed by atoms with E-state index >= 15 is 0 Å². The van der Waals surface area contributed by atoms with Gasteiger partial charge >= 0.3 is 0 Å². The molecule has 2 aromatic carbocycles. The Bertz CT molecular complexity index is 987. The summed E-state index contributed by atoms with van der Waals surface area (Å²) in [6.45, 7) is 4.07. The topological polar surface area (TPSA) is 54.7 Å². The number of imidazole rings is 1. The van der Waals surface area contributed by atoms with Gasteiger partial charge in [-0.25, -0.2) is 9.37 Å². The van der Waals surface area contributed by atoms with Gasteiger partial charge in [-0.3, -0.25) is 4.99 Å². The van der Waals surface area contributed by atoms with Crippen molar-refractivity contribution in [1.29, 1.82) is 0 Å². The SMILES string of the molecule is CN=C(NCc1ccccc1-n1ccnc1)N1CC(C)OC(c2ccc(F)cc2)C1. The van der Waals surface area contributed by atoms with Crippen molar-refractivity contribution in [2.24, 2.45) is 4.99 Å². The normalized spacial score (nSPS) is 19.7. The molecule has 4 rings (SSSR count). The summed E-state index contributed by atoms with van der Waals surface area (Å²) in [4.78, 5) is 10.8. The molecule has 2 unspecified atom stereocenters. The number of aliphatic imine (C=N–C) groups is 1. The molecule has 1 aromatic heterocycles. The largest absolute Gasteiger partial charge is 0.367 e. The number of benzene rings is 2. The van der Waals surface area contributed by atoms with E-state index in [0.29, 0.717) is 13.1 Å². The molecule has 0 saturated carbocycles. The highest BCUT2D eigenvalue weighted by Gasteiger charge is 2.28. The van der Waals surface area contributed by atoms with Gasteiger partial charge in [0.15, 0.2) is 5.96 Å². The van der Waals surface area contributed by atoms with Crippen LogP contribution in [0.3, 0.4) is 0 Å². The first-order valence-corrected chi connectivity index (χ1v) is 10.1. The van der Waals surface area contributed by atoms with Gasteiger partial charge in [0.05, 0.1) is 24.7 Å². The summed E-state index contributed by atoms with van der Waals surface area (Å²) in [5.41, 5.74) is 3.19. The smallest absolute Gasteiger partial charge is 0.194 e. The fourth-order valence-electron chi connectivity index (χ4n) is 3.81. The average Bonchev–Trinajstić information content (AvgIpc) is 3.29. The van der Waals surface area contributed by atoms with Gasteiger partial charge in [0.25, 0.3) is 0 Å². The Hall–Kier alpha value is -3.19. The van der Waals surface area contributed by atoms with Gasteiger partial charge in [-0.05, 0) is 36.2 Å². The first-order valence-electron chi connectivity index (χ1n) is 10.1. The Kier molecular flexibility index (Phi) is 6.09. The highest BCUT2D eigenvalue weighted by Crippen LogP contribution is 2.25. The highest BCUT2D eigenvalue weighted by molar-refractivity contribution is 5.80. The minimum atomic E-state index is -0.242. The van der Waals surface area contributed by atoms with Crippen LogP contribution < -0.4 is 5.32 Å². The number of nitrogens with one attached hydrogen (secondary N) is 1. The molecular weight excluding hydrogens is 381 g/mol. The van der Waals surface area contributed by atoms with Crippen LogP contribution in [0.4, 0.5) is 4.39 Å². The summed E-state index contributed by atoms with van der Waals surface area (Å²) in [6.07, 6.45) is 5.40. The van der Waals surface area contributed by atoms with Crippen LogP contribution in [0.5, 0.6) is 0 Å². The third kappa shape index (κ3) is 4.52. The Morgan fingerprint density at radius 1 is 1.20 bits per heavy atom. The molecule has 7 heteroatoms. The van der Waals surface area contributed by atoms with Crippen LogP contribution in [-0.2, 0) is 11.3 Å². The third-order valence-corrected chi connectivity index (χ3v) is 5.22. The molecule has 0 spiro atoms. The van der Waals surface area contributed by atoms with Gasteiger partial charge in [0.2, 0.25) is 0 Å². The number of rotatable bonds is 4. The van der Waals surface area contributed by atoms with Crippen molar-refractivity contribution in [2.75, 3.05) is 20.1 Å². The Morgan fingerprint density at radius 2 is 2.00 bits per heavy atom. The van der Waals surface area contributed by atoms with Crippen molar-refractivity contribution in [3.63, 3.8) is 0 Å². The van der Waals surface area contributed by atoms with E-state index in [1.807, 2.05) is 29.8 Å². The van der Waals surface area contributed by atoms with E-state index < -0.39 is 0 Å². The number of hydrogen-bond acceptors (Lipinski definition) is 3. The third-order valence-electron chi connectivity index (χ3n) is 5.22. The van der Waals surface area contributed by atoms with Gasteiger partial charge in [-0.2, -0.15) is 0 Å². The molecule has 1 saturated heterocycles. The van der Waals surface area contributed by atoms with E-state index in [2.05, 4.69) is 32.3 Å². The van der Waals surface area contributed by atoms with Crippen LogP contribution in [0.25, 0.3) is 5.69 Å². The maximum Gasteiger partial charge on any atom is 0.194 e. The van der Waals surface area contributed by atoms with Crippen molar-refractivity contribution in [3.05, 3.63) is 84.2 Å². The fourth-order valence-corrected chi connectivity index (χ4v) is 3.81. The fraction of sp³-hybridized carbons (Fsp3) is 0.304. The lowest BCUT2D eigenvalue weighted by atomic mass is 10.1. The van der Waals surface area contributed by atoms with E-state index in [9.17, 15) is 4.39 Å². The molecule has 0 aliphatic carbocycles. The second-order valence-electron chi connectivity index (χ2n) is 7.39. The minimum Gasteiger partial charge on any atom is -0.367 e. The molecule has 6 nitrogen and oxygen atoms in total. The van der Waals surface area contributed by atoms with E-state index in [-0.39, 0.29) is 18.0 Å². The molecule has 0 bridgehead atoms. The van der Waals surface area contributed by atoms with Crippen molar-refractivity contribution < 1.29 is 9.13 Å². The van der Waals surface area contributed by atoms with Gasteiger partial charge in [-0.15, -0.1) is 0 Å². The summed E-state index contributed by atoms with van der Waals surface area (Å²) in [7, 11) is 1.79. The quantitative estimate of drug-likeness (QED) is 0.531. The lowest BCUT2D eigenvalue weighted by Gasteiger charge is -2.38. The molecule has 156 valence electrons. The maximum absolute atomic E-state index is 13.3. The van der Waals surface area contributed by atoms with Crippen LogP contribution in [0.15, 0.2) is 72.2 Å². The summed E-state index contributed by atoms with van der Waals surface area (Å²) >= 11 is 0. The number of halogens is 1. The zero-order chi connectivity index (χ0) is 20.9. The monoisotopic (exact) mass is 407 g/mol. The molecule has 1 N–H and O–H groups in total. The van der Waals surface area contributed by atoms with Crippen molar-refractivity contribution in [2.45, 2.75) is 25.7 Å². The second kappa shape index (κ2) is 9.09. The van der Waals surface area contributed by atoms with Crippen LogP contribution in [-0.4, -0.2) is 46.7 Å². The summed E-state index contributed by atoms with van der Waals surface area (Å²) in [5, 5.41) is 3.49. The number of aromatic nitrogens is 2. The number of guanidine groups is 1. The van der Waals surface area contributed by atoms with Gasteiger partial charge < -0.3 is 19.5 Å². The molecular formula is C23H26FN5O. The predicted molar refractivity (Wildman–Crippen MR) is 115 cm³/mol. The molecule has 1 fully saturated rings. The van der Waals surface area contributed by atoms with Crippen molar-refractivity contribution >= 4 is 5.96 Å². The highest BCUT2D eigenvalue weighted by atomic mass is 19.1. The molecule has 3 aromatic rings. The Labute approximate surface area is 176 Å². The summed E-state index contributed by atoms with van der Waals surface area (Å²) in [6, 6.07) is 14.7. The van der Waals surface area contributed by atoms with E-state index in [0.717, 1.165) is 29.3 Å². The van der Waals surface area contributed by atoms with Gasteiger partial charge in [-0.1, -0.05) is 30.3 Å². The molecule has 1 aliphatic heterocycles.